The number of fused-ring (bicyclic) bond motifs is 4. The fourth-order valence-electron chi connectivity index (χ4n) is 5.91. The standard InChI is InChI=1S/C24H23N5O4/c1-28(22(30)31)11-20-19-7-15-6-13(2-4-18(15)29(19)23(32)33-20)14-3-5-21(27-8-14)24(12-25)16-9-26-10-17(16)24/h2-6,8,16-17,19-20,26H,7,9-11H2,1H3,(H,30,31)/t16-,17+,19-,20-,24+/m0/s1. The van der Waals surface area contributed by atoms with Crippen LogP contribution in [0, 0.1) is 23.2 Å². The van der Waals surface area contributed by atoms with Crippen LogP contribution in [0.25, 0.3) is 11.1 Å². The SMILES string of the molecule is CN(C[C@@H]1OC(=O)N2c3ccc(-c4ccc([C@@]5(C#N)[C@@H]6CNC[C@@H]65)nc4)cc3C[C@@H]12)C(=O)O. The van der Waals surface area contributed by atoms with Crippen LogP contribution in [0.15, 0.2) is 36.5 Å². The van der Waals surface area contributed by atoms with E-state index in [4.69, 9.17) is 9.84 Å². The monoisotopic (exact) mass is 445 g/mol. The number of ether oxygens (including phenoxy) is 1. The molecule has 2 saturated heterocycles. The molecule has 1 aliphatic carbocycles. The average molecular weight is 445 g/mol. The molecule has 6 rings (SSSR count). The minimum atomic E-state index is -1.05. The Kier molecular flexibility index (Phi) is 4.20. The molecule has 2 N–H and O–H groups in total. The molecule has 0 unspecified atom stereocenters. The lowest BCUT2D eigenvalue weighted by molar-refractivity contribution is 0.0961. The van der Waals surface area contributed by atoms with Crippen LogP contribution < -0.4 is 10.2 Å². The summed E-state index contributed by atoms with van der Waals surface area (Å²) in [6.07, 6.45) is 0.430. The van der Waals surface area contributed by atoms with Gasteiger partial charge in [0.1, 0.15) is 11.5 Å². The van der Waals surface area contributed by atoms with Crippen molar-refractivity contribution in [2.45, 2.75) is 24.0 Å². The Bertz CT molecular complexity index is 1200. The molecule has 3 fully saturated rings. The Balaban J connectivity index is 1.24. The van der Waals surface area contributed by atoms with E-state index in [1.807, 2.05) is 30.5 Å². The minimum Gasteiger partial charge on any atom is -0.465 e. The Hall–Kier alpha value is -3.64. The molecule has 0 spiro atoms. The van der Waals surface area contributed by atoms with Crippen molar-refractivity contribution in [3.05, 3.63) is 47.8 Å². The molecule has 4 heterocycles. The largest absolute Gasteiger partial charge is 0.465 e. The van der Waals surface area contributed by atoms with Crippen molar-refractivity contribution < 1.29 is 19.4 Å². The molecule has 168 valence electrons. The summed E-state index contributed by atoms with van der Waals surface area (Å²) in [6.45, 7) is 1.87. The molecule has 0 radical (unpaired) electrons. The highest BCUT2D eigenvalue weighted by Gasteiger charge is 2.69. The molecule has 2 aromatic rings. The molecular weight excluding hydrogens is 422 g/mol. The van der Waals surface area contributed by atoms with Gasteiger partial charge in [-0.2, -0.15) is 5.26 Å². The zero-order valence-electron chi connectivity index (χ0n) is 18.1. The molecule has 1 aromatic heterocycles. The smallest absolute Gasteiger partial charge is 0.415 e. The summed E-state index contributed by atoms with van der Waals surface area (Å²) in [6, 6.07) is 12.2. The number of hydrogen-bond donors (Lipinski definition) is 2. The first-order valence-corrected chi connectivity index (χ1v) is 11.1. The Morgan fingerprint density at radius 3 is 2.76 bits per heavy atom. The van der Waals surface area contributed by atoms with Crippen LogP contribution in [0.2, 0.25) is 0 Å². The number of carbonyl (C=O) groups excluding carboxylic acids is 1. The van der Waals surface area contributed by atoms with Crippen molar-refractivity contribution in [3.8, 4) is 17.2 Å². The van der Waals surface area contributed by atoms with E-state index < -0.39 is 23.7 Å². The van der Waals surface area contributed by atoms with Crippen molar-refractivity contribution in [2.75, 3.05) is 31.6 Å². The first-order valence-electron chi connectivity index (χ1n) is 11.1. The van der Waals surface area contributed by atoms with Crippen LogP contribution in [0.4, 0.5) is 15.3 Å². The summed E-state index contributed by atoms with van der Waals surface area (Å²) in [5.41, 5.74) is 4.17. The van der Waals surface area contributed by atoms with E-state index in [0.717, 1.165) is 46.1 Å². The van der Waals surface area contributed by atoms with E-state index in [-0.39, 0.29) is 12.6 Å². The third-order valence-corrected chi connectivity index (χ3v) is 7.74. The quantitative estimate of drug-likeness (QED) is 0.741. The number of amides is 2. The fourth-order valence-corrected chi connectivity index (χ4v) is 5.91. The number of rotatable bonds is 4. The van der Waals surface area contributed by atoms with Gasteiger partial charge in [-0.25, -0.2) is 9.59 Å². The average Bonchev–Trinajstić information content (AvgIpc) is 3.21. The van der Waals surface area contributed by atoms with Crippen LogP contribution in [0.3, 0.4) is 0 Å². The maximum atomic E-state index is 12.5. The number of anilines is 1. The number of nitrogens with zero attached hydrogens (tertiary/aromatic N) is 4. The summed E-state index contributed by atoms with van der Waals surface area (Å²) >= 11 is 0. The zero-order valence-corrected chi connectivity index (χ0v) is 18.1. The van der Waals surface area contributed by atoms with Crippen LogP contribution in [-0.2, 0) is 16.6 Å². The molecule has 4 aliphatic rings. The van der Waals surface area contributed by atoms with Crippen molar-refractivity contribution in [1.82, 2.24) is 15.2 Å². The van der Waals surface area contributed by atoms with Gasteiger partial charge in [-0.05, 0) is 35.7 Å². The fraction of sp³-hybridized carbons (Fsp3) is 0.417. The first kappa shape index (κ1) is 20.0. The number of likely N-dealkylation sites (N-methyl/N-ethyl adjacent to an activating group) is 1. The van der Waals surface area contributed by atoms with Crippen molar-refractivity contribution in [1.29, 1.82) is 5.26 Å². The second kappa shape index (κ2) is 6.93. The van der Waals surface area contributed by atoms with Gasteiger partial charge in [-0.1, -0.05) is 12.1 Å². The van der Waals surface area contributed by atoms with Gasteiger partial charge in [0.05, 0.1) is 30.0 Å². The van der Waals surface area contributed by atoms with Crippen LogP contribution in [0.5, 0.6) is 0 Å². The second-order valence-electron chi connectivity index (χ2n) is 9.35. The van der Waals surface area contributed by atoms with Gasteiger partial charge in [-0.15, -0.1) is 0 Å². The lowest BCUT2D eigenvalue weighted by Gasteiger charge is -2.21. The highest BCUT2D eigenvalue weighted by Crippen LogP contribution is 2.60. The maximum Gasteiger partial charge on any atom is 0.415 e. The summed E-state index contributed by atoms with van der Waals surface area (Å²) in [5.74, 6) is 0.698. The van der Waals surface area contributed by atoms with Gasteiger partial charge < -0.3 is 20.1 Å². The molecule has 9 nitrogen and oxygen atoms in total. The molecule has 0 bridgehead atoms. The van der Waals surface area contributed by atoms with Gasteiger partial charge in [0, 0.05) is 43.7 Å². The Morgan fingerprint density at radius 2 is 2.09 bits per heavy atom. The predicted octanol–water partition coefficient (Wildman–Crippen LogP) is 2.22. The number of benzene rings is 1. The van der Waals surface area contributed by atoms with Crippen LogP contribution in [0.1, 0.15) is 11.3 Å². The zero-order chi connectivity index (χ0) is 22.9. The molecule has 9 heteroatoms. The summed E-state index contributed by atoms with van der Waals surface area (Å²) in [5, 5.41) is 22.3. The van der Waals surface area contributed by atoms with Gasteiger partial charge >= 0.3 is 12.2 Å². The second-order valence-corrected chi connectivity index (χ2v) is 9.35. The van der Waals surface area contributed by atoms with E-state index in [2.05, 4.69) is 22.4 Å². The maximum absolute atomic E-state index is 12.5. The number of hydrogen-bond acceptors (Lipinski definition) is 6. The molecule has 5 atom stereocenters. The number of piperidine rings is 1. The number of pyridine rings is 1. The Morgan fingerprint density at radius 1 is 1.33 bits per heavy atom. The van der Waals surface area contributed by atoms with Crippen molar-refractivity contribution in [2.24, 2.45) is 11.8 Å². The van der Waals surface area contributed by atoms with Crippen molar-refractivity contribution >= 4 is 17.9 Å². The topological polar surface area (TPSA) is 119 Å². The number of nitrogens with one attached hydrogen (secondary N) is 1. The molecule has 3 aliphatic heterocycles. The molecule has 2 amide bonds. The summed E-state index contributed by atoms with van der Waals surface area (Å²) in [7, 11) is 1.47. The lowest BCUT2D eigenvalue weighted by atomic mass is 9.95. The number of carboxylic acid groups (broad SMARTS) is 1. The highest BCUT2D eigenvalue weighted by molar-refractivity contribution is 5.94. The van der Waals surface area contributed by atoms with Gasteiger partial charge in [0.2, 0.25) is 0 Å². The van der Waals surface area contributed by atoms with E-state index in [1.54, 1.807) is 4.90 Å². The summed E-state index contributed by atoms with van der Waals surface area (Å²) < 4.78 is 5.45. The van der Waals surface area contributed by atoms with E-state index >= 15 is 0 Å². The molecular formula is C24H23N5O4. The van der Waals surface area contributed by atoms with Gasteiger partial charge in [-0.3, -0.25) is 9.88 Å². The lowest BCUT2D eigenvalue weighted by Crippen LogP contribution is -2.41. The molecule has 1 aromatic carbocycles. The van der Waals surface area contributed by atoms with Crippen LogP contribution >= 0.6 is 0 Å². The first-order chi connectivity index (χ1) is 15.9. The van der Waals surface area contributed by atoms with Gasteiger partial charge in [0.25, 0.3) is 0 Å². The summed E-state index contributed by atoms with van der Waals surface area (Å²) in [4.78, 5) is 31.1. The number of carbonyl (C=O) groups is 2. The predicted molar refractivity (Wildman–Crippen MR) is 118 cm³/mol. The third kappa shape index (κ3) is 2.77. The van der Waals surface area contributed by atoms with Crippen molar-refractivity contribution in [3.63, 3.8) is 0 Å². The molecule has 1 saturated carbocycles. The van der Waals surface area contributed by atoms with Crippen LogP contribution in [-0.4, -0.2) is 66.0 Å². The highest BCUT2D eigenvalue weighted by atomic mass is 16.6. The number of cyclic esters (lactones) is 1. The van der Waals surface area contributed by atoms with E-state index in [9.17, 15) is 14.9 Å². The number of nitriles is 1. The number of aromatic nitrogens is 1. The molecule has 33 heavy (non-hydrogen) atoms. The Labute approximate surface area is 190 Å². The van der Waals surface area contributed by atoms with E-state index in [1.165, 1.54) is 7.05 Å². The normalized spacial score (nSPS) is 30.8. The third-order valence-electron chi connectivity index (χ3n) is 7.74. The van der Waals surface area contributed by atoms with Gasteiger partial charge in [0.15, 0.2) is 0 Å². The van der Waals surface area contributed by atoms with E-state index in [0.29, 0.717) is 18.3 Å². The minimum absolute atomic E-state index is 0.132.